The van der Waals surface area contributed by atoms with Gasteiger partial charge in [-0.25, -0.2) is 0 Å². The first-order valence-corrected chi connectivity index (χ1v) is 3.79. The van der Waals surface area contributed by atoms with Crippen LogP contribution in [-0.4, -0.2) is 11.0 Å². The maximum Gasteiger partial charge on any atom is 0.00780 e. The Morgan fingerprint density at radius 1 is 1.57 bits per heavy atom. The molecule has 1 unspecified atom stereocenters. The highest BCUT2D eigenvalue weighted by Crippen LogP contribution is 2.44. The Hall–Kier alpha value is 0.350. The summed E-state index contributed by atoms with van der Waals surface area (Å²) in [6.07, 6.45) is 0. The second-order valence-corrected chi connectivity index (χ2v) is 4.27. The number of thioether (sulfide) groups is 1. The lowest BCUT2D eigenvalue weighted by molar-refractivity contribution is 0.387. The SMILES string of the molecule is CC1SCC1(C)C. The fraction of sp³-hybridized carbons (Fsp3) is 1.00. The molecule has 1 heteroatoms. The van der Waals surface area contributed by atoms with Crippen LogP contribution in [0.1, 0.15) is 20.8 Å². The Morgan fingerprint density at radius 3 is 2.00 bits per heavy atom. The topological polar surface area (TPSA) is 0 Å². The average Bonchev–Trinajstić information content (AvgIpc) is 1.63. The summed E-state index contributed by atoms with van der Waals surface area (Å²) in [6, 6.07) is 0. The molecule has 0 saturated carbocycles. The molecule has 0 amide bonds. The fourth-order valence-electron chi connectivity index (χ4n) is 0.583. The molecule has 0 aromatic heterocycles. The maximum atomic E-state index is 2.33. The monoisotopic (exact) mass is 116 g/mol. The first-order valence-electron chi connectivity index (χ1n) is 2.74. The van der Waals surface area contributed by atoms with Crippen molar-refractivity contribution in [3.05, 3.63) is 0 Å². The lowest BCUT2D eigenvalue weighted by Crippen LogP contribution is -2.36. The van der Waals surface area contributed by atoms with Gasteiger partial charge in [-0.05, 0) is 11.2 Å². The Balaban J connectivity index is 2.43. The van der Waals surface area contributed by atoms with Gasteiger partial charge in [0.15, 0.2) is 0 Å². The molecule has 42 valence electrons. The van der Waals surface area contributed by atoms with E-state index in [4.69, 9.17) is 0 Å². The molecule has 1 fully saturated rings. The smallest absolute Gasteiger partial charge is 0.00780 e. The van der Waals surface area contributed by atoms with E-state index in [2.05, 4.69) is 32.5 Å². The quantitative estimate of drug-likeness (QED) is 0.467. The molecule has 0 radical (unpaired) electrons. The van der Waals surface area contributed by atoms with E-state index in [0.29, 0.717) is 5.41 Å². The van der Waals surface area contributed by atoms with Gasteiger partial charge in [-0.3, -0.25) is 0 Å². The molecule has 0 N–H and O–H groups in total. The normalized spacial score (nSPS) is 37.3. The van der Waals surface area contributed by atoms with Gasteiger partial charge in [0.1, 0.15) is 0 Å². The van der Waals surface area contributed by atoms with E-state index in [-0.39, 0.29) is 0 Å². The summed E-state index contributed by atoms with van der Waals surface area (Å²) in [4.78, 5) is 0. The molecule has 0 nitrogen and oxygen atoms in total. The minimum atomic E-state index is 0.644. The molecular formula is C6H12S. The molecule has 0 aliphatic carbocycles. The molecule has 0 aromatic carbocycles. The van der Waals surface area contributed by atoms with Gasteiger partial charge in [-0.15, -0.1) is 0 Å². The van der Waals surface area contributed by atoms with Crippen molar-refractivity contribution in [2.24, 2.45) is 5.41 Å². The molecule has 1 rings (SSSR count). The van der Waals surface area contributed by atoms with Crippen molar-refractivity contribution in [3.8, 4) is 0 Å². The summed E-state index contributed by atoms with van der Waals surface area (Å²) in [7, 11) is 0. The minimum absolute atomic E-state index is 0.644. The summed E-state index contributed by atoms with van der Waals surface area (Å²) >= 11 is 2.07. The number of hydrogen-bond donors (Lipinski definition) is 0. The van der Waals surface area contributed by atoms with Crippen LogP contribution in [-0.2, 0) is 0 Å². The zero-order chi connectivity index (χ0) is 5.49. The Labute approximate surface area is 49.7 Å². The van der Waals surface area contributed by atoms with Crippen molar-refractivity contribution in [1.82, 2.24) is 0 Å². The largest absolute Gasteiger partial charge is 0.158 e. The van der Waals surface area contributed by atoms with Crippen molar-refractivity contribution >= 4 is 11.8 Å². The summed E-state index contributed by atoms with van der Waals surface area (Å²) in [5.74, 6) is 1.36. The highest BCUT2D eigenvalue weighted by molar-refractivity contribution is 8.01. The van der Waals surface area contributed by atoms with E-state index >= 15 is 0 Å². The van der Waals surface area contributed by atoms with Crippen molar-refractivity contribution in [2.75, 3.05) is 5.75 Å². The van der Waals surface area contributed by atoms with Crippen LogP contribution in [0.2, 0.25) is 0 Å². The first-order chi connectivity index (χ1) is 3.13. The van der Waals surface area contributed by atoms with Gasteiger partial charge in [0.25, 0.3) is 0 Å². The van der Waals surface area contributed by atoms with Crippen molar-refractivity contribution in [2.45, 2.75) is 26.0 Å². The van der Waals surface area contributed by atoms with Crippen LogP contribution in [0.4, 0.5) is 0 Å². The highest BCUT2D eigenvalue weighted by Gasteiger charge is 2.35. The third-order valence-electron chi connectivity index (χ3n) is 1.81. The van der Waals surface area contributed by atoms with Crippen LogP contribution >= 0.6 is 11.8 Å². The zero-order valence-corrected chi connectivity index (χ0v) is 6.01. The molecule has 1 saturated heterocycles. The average molecular weight is 116 g/mol. The Kier molecular flexibility index (Phi) is 1.11. The predicted molar refractivity (Wildman–Crippen MR) is 35.7 cm³/mol. The predicted octanol–water partition coefficient (Wildman–Crippen LogP) is 2.15. The van der Waals surface area contributed by atoms with Gasteiger partial charge in [-0.1, -0.05) is 20.8 Å². The Bertz CT molecular complexity index is 76.2. The van der Waals surface area contributed by atoms with Crippen LogP contribution in [0.25, 0.3) is 0 Å². The highest BCUT2D eigenvalue weighted by atomic mass is 32.2. The third kappa shape index (κ3) is 0.788. The van der Waals surface area contributed by atoms with Gasteiger partial charge < -0.3 is 0 Å². The lowest BCUT2D eigenvalue weighted by Gasteiger charge is -2.41. The van der Waals surface area contributed by atoms with Crippen molar-refractivity contribution < 1.29 is 0 Å². The summed E-state index contributed by atoms with van der Waals surface area (Å²) in [5.41, 5.74) is 0.644. The van der Waals surface area contributed by atoms with Gasteiger partial charge in [0.05, 0.1) is 0 Å². The summed E-state index contributed by atoms with van der Waals surface area (Å²) < 4.78 is 0. The molecule has 7 heavy (non-hydrogen) atoms. The molecular weight excluding hydrogens is 104 g/mol. The van der Waals surface area contributed by atoms with Gasteiger partial charge in [0.2, 0.25) is 0 Å². The van der Waals surface area contributed by atoms with Crippen LogP contribution in [0, 0.1) is 5.41 Å². The zero-order valence-electron chi connectivity index (χ0n) is 5.19. The lowest BCUT2D eigenvalue weighted by atomic mass is 9.91. The second kappa shape index (κ2) is 1.41. The molecule has 1 atom stereocenters. The number of rotatable bonds is 0. The fourth-order valence-corrected chi connectivity index (χ4v) is 1.75. The van der Waals surface area contributed by atoms with Crippen LogP contribution in [0.5, 0.6) is 0 Å². The standard InChI is InChI=1S/C6H12S/c1-5-6(2,3)4-7-5/h5H,4H2,1-3H3. The number of hydrogen-bond acceptors (Lipinski definition) is 1. The van der Waals surface area contributed by atoms with Crippen LogP contribution in [0.3, 0.4) is 0 Å². The van der Waals surface area contributed by atoms with E-state index < -0.39 is 0 Å². The van der Waals surface area contributed by atoms with Gasteiger partial charge >= 0.3 is 0 Å². The molecule has 1 heterocycles. The molecule has 1 aliphatic heterocycles. The molecule has 0 aromatic rings. The van der Waals surface area contributed by atoms with E-state index in [9.17, 15) is 0 Å². The van der Waals surface area contributed by atoms with Crippen LogP contribution < -0.4 is 0 Å². The first kappa shape index (κ1) is 5.49. The molecule has 0 bridgehead atoms. The van der Waals surface area contributed by atoms with E-state index in [1.807, 2.05) is 0 Å². The third-order valence-corrected chi connectivity index (χ3v) is 3.85. The van der Waals surface area contributed by atoms with Gasteiger partial charge in [0, 0.05) is 5.25 Å². The van der Waals surface area contributed by atoms with Crippen molar-refractivity contribution in [3.63, 3.8) is 0 Å². The van der Waals surface area contributed by atoms with Crippen molar-refractivity contribution in [1.29, 1.82) is 0 Å². The summed E-state index contributed by atoms with van der Waals surface area (Å²) in [5, 5.41) is 0.896. The van der Waals surface area contributed by atoms with Crippen LogP contribution in [0.15, 0.2) is 0 Å². The van der Waals surface area contributed by atoms with E-state index in [1.54, 1.807) is 0 Å². The second-order valence-electron chi connectivity index (χ2n) is 2.94. The van der Waals surface area contributed by atoms with Gasteiger partial charge in [-0.2, -0.15) is 11.8 Å². The molecule has 0 spiro atoms. The van der Waals surface area contributed by atoms with E-state index in [0.717, 1.165) is 5.25 Å². The minimum Gasteiger partial charge on any atom is -0.158 e. The maximum absolute atomic E-state index is 2.33. The Morgan fingerprint density at radius 2 is 2.00 bits per heavy atom. The summed E-state index contributed by atoms with van der Waals surface area (Å²) in [6.45, 7) is 6.95. The van der Waals surface area contributed by atoms with E-state index in [1.165, 1.54) is 5.75 Å². The molecule has 1 aliphatic rings.